The van der Waals surface area contributed by atoms with Crippen LogP contribution in [0.3, 0.4) is 0 Å². The summed E-state index contributed by atoms with van der Waals surface area (Å²) < 4.78 is 10.2. The summed E-state index contributed by atoms with van der Waals surface area (Å²) in [5.41, 5.74) is 0.713. The first-order chi connectivity index (χ1) is 9.08. The minimum Gasteiger partial charge on any atom is -0.382 e. The van der Waals surface area contributed by atoms with Gasteiger partial charge in [0.15, 0.2) is 0 Å². The Morgan fingerprint density at radius 1 is 1.47 bits per heavy atom. The van der Waals surface area contributed by atoms with E-state index in [0.717, 1.165) is 5.56 Å². The predicted octanol–water partition coefficient (Wildman–Crippen LogP) is 2.00. The minimum atomic E-state index is -0.491. The molecule has 1 N–H and O–H groups in total. The van der Waals surface area contributed by atoms with Gasteiger partial charge in [0.05, 0.1) is 17.6 Å². The van der Waals surface area contributed by atoms with E-state index in [-0.39, 0.29) is 16.8 Å². The Bertz CT molecular complexity index is 428. The maximum absolute atomic E-state index is 10.8. The van der Waals surface area contributed by atoms with Crippen LogP contribution in [0.5, 0.6) is 0 Å². The van der Waals surface area contributed by atoms with Crippen LogP contribution in [0, 0.1) is 10.1 Å². The average molecular weight is 289 g/mol. The highest BCUT2D eigenvalue weighted by atomic mass is 35.5. The fraction of sp³-hybridized carbons (Fsp3) is 0.500. The zero-order valence-corrected chi connectivity index (χ0v) is 11.6. The molecular weight excluding hydrogens is 272 g/mol. The molecule has 106 valence electrons. The zero-order chi connectivity index (χ0) is 14.3. The summed E-state index contributed by atoms with van der Waals surface area (Å²) in [4.78, 5) is 10.3. The monoisotopic (exact) mass is 288 g/mol. The summed E-state index contributed by atoms with van der Waals surface area (Å²) >= 11 is 5.74. The molecule has 7 heteroatoms. The quantitative estimate of drug-likeness (QED) is 0.585. The lowest BCUT2D eigenvalue weighted by atomic mass is 10.2. The van der Waals surface area contributed by atoms with Crippen molar-refractivity contribution in [2.45, 2.75) is 12.6 Å². The van der Waals surface area contributed by atoms with Crippen molar-refractivity contribution in [3.05, 3.63) is 38.9 Å². The standard InChI is InChI=1S/C12H17ClN2O4/c1-18-8-10(19-2)7-14-6-9-3-4-11(13)12(5-9)15(16)17/h3-5,10,14H,6-8H2,1-2H3. The first kappa shape index (κ1) is 15.8. The molecule has 0 aliphatic rings. The van der Waals surface area contributed by atoms with Crippen LogP contribution >= 0.6 is 11.6 Å². The molecule has 1 aromatic carbocycles. The molecule has 0 bridgehead atoms. The van der Waals surface area contributed by atoms with Crippen LogP contribution in [0.25, 0.3) is 0 Å². The number of hydrogen-bond acceptors (Lipinski definition) is 5. The lowest BCUT2D eigenvalue weighted by molar-refractivity contribution is -0.384. The van der Waals surface area contributed by atoms with Crippen molar-refractivity contribution in [1.82, 2.24) is 5.32 Å². The van der Waals surface area contributed by atoms with Gasteiger partial charge in [0.25, 0.3) is 5.69 Å². The highest BCUT2D eigenvalue weighted by molar-refractivity contribution is 6.32. The van der Waals surface area contributed by atoms with Crippen LogP contribution in [-0.4, -0.2) is 38.4 Å². The van der Waals surface area contributed by atoms with E-state index in [1.807, 2.05) is 0 Å². The van der Waals surface area contributed by atoms with Gasteiger partial charge >= 0.3 is 0 Å². The van der Waals surface area contributed by atoms with Gasteiger partial charge in [-0.2, -0.15) is 0 Å². The number of hydrogen-bond donors (Lipinski definition) is 1. The number of halogens is 1. The fourth-order valence-electron chi connectivity index (χ4n) is 1.58. The van der Waals surface area contributed by atoms with Crippen molar-refractivity contribution < 1.29 is 14.4 Å². The van der Waals surface area contributed by atoms with Gasteiger partial charge in [0.2, 0.25) is 0 Å². The van der Waals surface area contributed by atoms with E-state index in [9.17, 15) is 10.1 Å². The number of nitro groups is 1. The van der Waals surface area contributed by atoms with Crippen molar-refractivity contribution in [1.29, 1.82) is 0 Å². The van der Waals surface area contributed by atoms with Gasteiger partial charge in [-0.15, -0.1) is 0 Å². The Balaban J connectivity index is 2.54. The SMILES string of the molecule is COCC(CNCc1ccc(Cl)c([N+](=O)[O-])c1)OC. The normalized spacial score (nSPS) is 12.4. The number of benzene rings is 1. The number of nitrogens with zero attached hydrogens (tertiary/aromatic N) is 1. The van der Waals surface area contributed by atoms with Crippen LogP contribution in [-0.2, 0) is 16.0 Å². The van der Waals surface area contributed by atoms with Crippen LogP contribution in [0.4, 0.5) is 5.69 Å². The van der Waals surface area contributed by atoms with Gasteiger partial charge < -0.3 is 14.8 Å². The Morgan fingerprint density at radius 3 is 2.79 bits per heavy atom. The van der Waals surface area contributed by atoms with Crippen LogP contribution in [0.1, 0.15) is 5.56 Å². The van der Waals surface area contributed by atoms with E-state index in [0.29, 0.717) is 19.7 Å². The van der Waals surface area contributed by atoms with E-state index < -0.39 is 4.92 Å². The van der Waals surface area contributed by atoms with Crippen molar-refractivity contribution in [3.63, 3.8) is 0 Å². The summed E-state index contributed by atoms with van der Waals surface area (Å²) in [6, 6.07) is 4.74. The molecule has 0 aromatic heterocycles. The van der Waals surface area contributed by atoms with Crippen molar-refractivity contribution >= 4 is 17.3 Å². The van der Waals surface area contributed by atoms with Crippen molar-refractivity contribution in [3.8, 4) is 0 Å². The molecule has 6 nitrogen and oxygen atoms in total. The third kappa shape index (κ3) is 5.12. The Labute approximate surface area is 116 Å². The third-order valence-electron chi connectivity index (χ3n) is 2.59. The molecule has 19 heavy (non-hydrogen) atoms. The lowest BCUT2D eigenvalue weighted by Gasteiger charge is -2.15. The molecule has 1 rings (SSSR count). The van der Waals surface area contributed by atoms with Gasteiger partial charge in [0.1, 0.15) is 5.02 Å². The van der Waals surface area contributed by atoms with Crippen LogP contribution < -0.4 is 5.32 Å². The number of nitrogens with one attached hydrogen (secondary N) is 1. The highest BCUT2D eigenvalue weighted by Crippen LogP contribution is 2.24. The summed E-state index contributed by atoms with van der Waals surface area (Å²) in [5.74, 6) is 0. The van der Waals surface area contributed by atoms with Crippen molar-refractivity contribution in [2.24, 2.45) is 0 Å². The number of methoxy groups -OCH3 is 2. The van der Waals surface area contributed by atoms with Crippen molar-refractivity contribution in [2.75, 3.05) is 27.4 Å². The first-order valence-electron chi connectivity index (χ1n) is 5.73. The highest BCUT2D eigenvalue weighted by Gasteiger charge is 2.13. The molecule has 0 saturated carbocycles. The minimum absolute atomic E-state index is 0.0488. The summed E-state index contributed by atoms with van der Waals surface area (Å²) in [6.07, 6.45) is -0.0488. The van der Waals surface area contributed by atoms with Crippen LogP contribution in [0.2, 0.25) is 5.02 Å². The number of ether oxygens (including phenoxy) is 2. The number of rotatable bonds is 8. The molecule has 1 aromatic rings. The summed E-state index contributed by atoms with van der Waals surface area (Å²) in [5, 5.41) is 14.0. The second-order valence-corrected chi connectivity index (χ2v) is 4.39. The van der Waals surface area contributed by atoms with Gasteiger partial charge in [-0.1, -0.05) is 17.7 Å². The zero-order valence-electron chi connectivity index (χ0n) is 10.9. The van der Waals surface area contributed by atoms with E-state index in [1.54, 1.807) is 20.3 Å². The van der Waals surface area contributed by atoms with E-state index in [4.69, 9.17) is 21.1 Å². The topological polar surface area (TPSA) is 73.6 Å². The van der Waals surface area contributed by atoms with E-state index in [1.165, 1.54) is 12.1 Å². The van der Waals surface area contributed by atoms with Crippen LogP contribution in [0.15, 0.2) is 18.2 Å². The molecule has 0 saturated heterocycles. The molecule has 0 fully saturated rings. The fourth-order valence-corrected chi connectivity index (χ4v) is 1.77. The smallest absolute Gasteiger partial charge is 0.288 e. The van der Waals surface area contributed by atoms with Gasteiger partial charge in [-0.05, 0) is 11.6 Å². The molecule has 1 unspecified atom stereocenters. The molecule has 1 atom stereocenters. The lowest BCUT2D eigenvalue weighted by Crippen LogP contribution is -2.31. The molecule has 0 spiro atoms. The largest absolute Gasteiger partial charge is 0.382 e. The van der Waals surface area contributed by atoms with E-state index in [2.05, 4.69) is 5.32 Å². The molecular formula is C12H17ClN2O4. The molecule has 0 heterocycles. The molecule has 0 aliphatic carbocycles. The molecule has 0 amide bonds. The second kappa shape index (κ2) is 8.06. The molecule has 0 radical (unpaired) electrons. The Kier molecular flexibility index (Phi) is 6.72. The maximum atomic E-state index is 10.8. The van der Waals surface area contributed by atoms with Gasteiger partial charge in [-0.3, -0.25) is 10.1 Å². The van der Waals surface area contributed by atoms with Gasteiger partial charge in [-0.25, -0.2) is 0 Å². The van der Waals surface area contributed by atoms with E-state index >= 15 is 0 Å². The summed E-state index contributed by atoms with van der Waals surface area (Å²) in [7, 11) is 3.22. The third-order valence-corrected chi connectivity index (χ3v) is 2.91. The van der Waals surface area contributed by atoms with Gasteiger partial charge in [0, 0.05) is 33.4 Å². The first-order valence-corrected chi connectivity index (χ1v) is 6.11. The average Bonchev–Trinajstić information content (AvgIpc) is 2.39. The number of nitro benzene ring substituents is 1. The molecule has 0 aliphatic heterocycles. The predicted molar refractivity (Wildman–Crippen MR) is 72.5 cm³/mol. The Hall–Kier alpha value is -1.21. The summed E-state index contributed by atoms with van der Waals surface area (Å²) in [6.45, 7) is 1.59. The second-order valence-electron chi connectivity index (χ2n) is 3.99. The maximum Gasteiger partial charge on any atom is 0.288 e. The Morgan fingerprint density at radius 2 is 2.21 bits per heavy atom.